The Bertz CT molecular complexity index is 686. The molecule has 2 heterocycles. The first kappa shape index (κ1) is 14.6. The summed E-state index contributed by atoms with van der Waals surface area (Å²) in [7, 11) is 0. The minimum atomic E-state index is -0.0175. The van der Waals surface area contributed by atoms with Crippen LogP contribution in [0.1, 0.15) is 16.7 Å². The largest absolute Gasteiger partial charge is 0.324 e. The molecule has 0 atom stereocenters. The van der Waals surface area contributed by atoms with Crippen LogP contribution in [0.4, 0.5) is 10.5 Å². The Hall–Kier alpha value is -2.30. The second-order valence-electron chi connectivity index (χ2n) is 6.24. The maximum atomic E-state index is 12.2. The molecule has 0 spiro atoms. The predicted molar refractivity (Wildman–Crippen MR) is 87.0 cm³/mol. The van der Waals surface area contributed by atoms with Crippen LogP contribution in [0.25, 0.3) is 0 Å². The molecule has 1 aliphatic heterocycles. The summed E-state index contributed by atoms with van der Waals surface area (Å²) in [5.74, 6) is 0.491. The molecule has 116 valence electrons. The molecule has 5 heteroatoms. The average Bonchev–Trinajstić information content (AvgIpc) is 2.83. The first-order valence-electron chi connectivity index (χ1n) is 7.63. The van der Waals surface area contributed by atoms with Gasteiger partial charge in [-0.3, -0.25) is 4.68 Å². The lowest BCUT2D eigenvalue weighted by molar-refractivity contribution is 0.117. The number of carbonyl (C=O) groups is 1. The van der Waals surface area contributed by atoms with Gasteiger partial charge in [0.05, 0.1) is 6.20 Å². The molecule has 0 unspecified atom stereocenters. The quantitative estimate of drug-likeness (QED) is 0.947. The molecule has 1 aliphatic rings. The smallest absolute Gasteiger partial charge is 0.321 e. The highest BCUT2D eigenvalue weighted by Crippen LogP contribution is 2.20. The number of amides is 2. The molecule has 1 fully saturated rings. The van der Waals surface area contributed by atoms with Gasteiger partial charge in [-0.15, -0.1) is 0 Å². The Kier molecular flexibility index (Phi) is 3.88. The Morgan fingerprint density at radius 3 is 2.68 bits per heavy atom. The lowest BCUT2D eigenvalue weighted by Gasteiger charge is -2.39. The second kappa shape index (κ2) is 5.83. The van der Waals surface area contributed by atoms with E-state index in [9.17, 15) is 4.79 Å². The van der Waals surface area contributed by atoms with Crippen molar-refractivity contribution in [3.63, 3.8) is 0 Å². The minimum Gasteiger partial charge on any atom is -0.324 e. The zero-order valence-corrected chi connectivity index (χ0v) is 13.3. The van der Waals surface area contributed by atoms with Gasteiger partial charge in [0.25, 0.3) is 0 Å². The van der Waals surface area contributed by atoms with Crippen molar-refractivity contribution < 1.29 is 4.79 Å². The number of anilines is 1. The van der Waals surface area contributed by atoms with E-state index in [2.05, 4.69) is 24.3 Å². The Balaban J connectivity index is 1.49. The van der Waals surface area contributed by atoms with Crippen molar-refractivity contribution in [3.8, 4) is 0 Å². The summed E-state index contributed by atoms with van der Waals surface area (Å²) >= 11 is 0. The molecule has 22 heavy (non-hydrogen) atoms. The summed E-state index contributed by atoms with van der Waals surface area (Å²) in [4.78, 5) is 14.0. The normalized spacial score (nSPS) is 14.8. The summed E-state index contributed by atoms with van der Waals surface area (Å²) in [5, 5.41) is 7.26. The fourth-order valence-electron chi connectivity index (χ4n) is 2.70. The van der Waals surface area contributed by atoms with Crippen LogP contribution in [-0.4, -0.2) is 33.8 Å². The van der Waals surface area contributed by atoms with Gasteiger partial charge in [0.1, 0.15) is 0 Å². The van der Waals surface area contributed by atoms with Crippen LogP contribution in [0.5, 0.6) is 0 Å². The van der Waals surface area contributed by atoms with E-state index in [0.717, 1.165) is 25.3 Å². The monoisotopic (exact) mass is 298 g/mol. The number of likely N-dealkylation sites (tertiary alicyclic amines) is 1. The Morgan fingerprint density at radius 1 is 1.27 bits per heavy atom. The van der Waals surface area contributed by atoms with E-state index in [1.54, 1.807) is 0 Å². The van der Waals surface area contributed by atoms with Gasteiger partial charge in [0.2, 0.25) is 0 Å². The summed E-state index contributed by atoms with van der Waals surface area (Å²) < 4.78 is 1.96. The molecule has 2 aromatic rings. The molecule has 1 aromatic carbocycles. The number of urea groups is 1. The zero-order chi connectivity index (χ0) is 15.7. The third kappa shape index (κ3) is 3.13. The van der Waals surface area contributed by atoms with Crippen molar-refractivity contribution in [3.05, 3.63) is 47.3 Å². The number of hydrogen-bond acceptors (Lipinski definition) is 2. The van der Waals surface area contributed by atoms with Gasteiger partial charge in [-0.25, -0.2) is 4.79 Å². The van der Waals surface area contributed by atoms with Crippen LogP contribution in [0.3, 0.4) is 0 Å². The molecule has 0 aliphatic carbocycles. The second-order valence-corrected chi connectivity index (χ2v) is 6.24. The Labute approximate surface area is 130 Å². The van der Waals surface area contributed by atoms with Crippen LogP contribution in [0.15, 0.2) is 30.6 Å². The third-order valence-electron chi connectivity index (χ3n) is 4.21. The maximum absolute atomic E-state index is 12.2. The summed E-state index contributed by atoms with van der Waals surface area (Å²) in [6, 6.07) is 5.97. The lowest BCUT2D eigenvalue weighted by Crippen LogP contribution is -2.52. The van der Waals surface area contributed by atoms with Gasteiger partial charge in [-0.1, -0.05) is 6.07 Å². The van der Waals surface area contributed by atoms with Gasteiger partial charge >= 0.3 is 6.03 Å². The van der Waals surface area contributed by atoms with Crippen LogP contribution < -0.4 is 5.32 Å². The van der Waals surface area contributed by atoms with Crippen LogP contribution in [0, 0.1) is 26.7 Å². The summed E-state index contributed by atoms with van der Waals surface area (Å²) in [6.45, 7) is 8.61. The first-order chi connectivity index (χ1) is 10.5. The summed E-state index contributed by atoms with van der Waals surface area (Å²) in [5.41, 5.74) is 4.45. The van der Waals surface area contributed by atoms with Crippen molar-refractivity contribution in [2.24, 2.45) is 5.92 Å². The molecule has 1 aromatic heterocycles. The number of aryl methyl sites for hydroxylation is 3. The highest BCUT2D eigenvalue weighted by Gasteiger charge is 2.31. The van der Waals surface area contributed by atoms with Crippen LogP contribution in [-0.2, 0) is 6.54 Å². The van der Waals surface area contributed by atoms with Crippen molar-refractivity contribution in [1.82, 2.24) is 14.7 Å². The summed E-state index contributed by atoms with van der Waals surface area (Å²) in [6.07, 6.45) is 3.90. The fraction of sp³-hybridized carbons (Fsp3) is 0.412. The predicted octanol–water partition coefficient (Wildman–Crippen LogP) is 2.97. The van der Waals surface area contributed by atoms with Crippen LogP contribution >= 0.6 is 0 Å². The van der Waals surface area contributed by atoms with Crippen molar-refractivity contribution in [2.75, 3.05) is 18.4 Å². The number of nitrogens with zero attached hydrogens (tertiary/aromatic N) is 3. The Morgan fingerprint density at radius 2 is 2.05 bits per heavy atom. The van der Waals surface area contributed by atoms with E-state index in [0.29, 0.717) is 5.92 Å². The van der Waals surface area contributed by atoms with E-state index < -0.39 is 0 Å². The van der Waals surface area contributed by atoms with Gasteiger partial charge in [0.15, 0.2) is 0 Å². The standard InChI is InChI=1S/C17H22N4O/c1-12-7-18-21(8-12)11-15-9-20(10-15)17(22)19-16-5-4-13(2)14(3)6-16/h4-8,15H,9-11H2,1-3H3,(H,19,22). The molecule has 3 rings (SSSR count). The maximum Gasteiger partial charge on any atom is 0.321 e. The first-order valence-corrected chi connectivity index (χ1v) is 7.63. The van der Waals surface area contributed by atoms with E-state index in [-0.39, 0.29) is 6.03 Å². The van der Waals surface area contributed by atoms with Gasteiger partial charge in [0, 0.05) is 37.4 Å². The van der Waals surface area contributed by atoms with Gasteiger partial charge in [-0.05, 0) is 49.6 Å². The number of aromatic nitrogens is 2. The number of rotatable bonds is 3. The van der Waals surface area contributed by atoms with Crippen molar-refractivity contribution in [2.45, 2.75) is 27.3 Å². The van der Waals surface area contributed by atoms with E-state index in [1.807, 2.05) is 47.1 Å². The number of carbonyl (C=O) groups excluding carboxylic acids is 1. The van der Waals surface area contributed by atoms with E-state index in [1.165, 1.54) is 16.7 Å². The molecular weight excluding hydrogens is 276 g/mol. The molecule has 0 saturated carbocycles. The molecule has 1 N–H and O–H groups in total. The molecule has 0 bridgehead atoms. The molecule has 0 radical (unpaired) electrons. The molecule has 1 saturated heterocycles. The molecule has 5 nitrogen and oxygen atoms in total. The third-order valence-corrected chi connectivity index (χ3v) is 4.21. The van der Waals surface area contributed by atoms with Crippen molar-refractivity contribution >= 4 is 11.7 Å². The van der Waals surface area contributed by atoms with E-state index in [4.69, 9.17) is 0 Å². The topological polar surface area (TPSA) is 50.2 Å². The molecular formula is C17H22N4O. The highest BCUT2D eigenvalue weighted by molar-refractivity contribution is 5.90. The lowest BCUT2D eigenvalue weighted by atomic mass is 10.0. The zero-order valence-electron chi connectivity index (χ0n) is 13.3. The number of nitrogens with one attached hydrogen (secondary N) is 1. The van der Waals surface area contributed by atoms with Crippen molar-refractivity contribution in [1.29, 1.82) is 0 Å². The van der Waals surface area contributed by atoms with Gasteiger partial charge < -0.3 is 10.2 Å². The highest BCUT2D eigenvalue weighted by atomic mass is 16.2. The fourth-order valence-corrected chi connectivity index (χ4v) is 2.70. The number of benzene rings is 1. The van der Waals surface area contributed by atoms with E-state index >= 15 is 0 Å². The average molecular weight is 298 g/mol. The van der Waals surface area contributed by atoms with Gasteiger partial charge in [-0.2, -0.15) is 5.10 Å². The molecule has 2 amide bonds. The number of hydrogen-bond donors (Lipinski definition) is 1. The SMILES string of the molecule is Cc1cnn(CC2CN(C(=O)Nc3ccc(C)c(C)c3)C2)c1. The minimum absolute atomic E-state index is 0.0175. The van der Waals surface area contributed by atoms with Crippen LogP contribution in [0.2, 0.25) is 0 Å².